The predicted octanol–water partition coefficient (Wildman–Crippen LogP) is 3.47. The van der Waals surface area contributed by atoms with E-state index in [1.165, 1.54) is 42.2 Å². The van der Waals surface area contributed by atoms with Gasteiger partial charge in [-0.05, 0) is 59.7 Å². The fraction of sp³-hybridized carbons (Fsp3) is 0.333. The van der Waals surface area contributed by atoms with Crippen LogP contribution in [0.1, 0.15) is 24.0 Å². The molecule has 2 aromatic carbocycles. The number of phenolic OH excluding ortho intramolecular Hbond substituents is 1. The molecule has 17 heavy (non-hydrogen) atoms. The van der Waals surface area contributed by atoms with Crippen LogP contribution in [0.2, 0.25) is 0 Å². The molecule has 2 nitrogen and oxygen atoms in total. The van der Waals surface area contributed by atoms with E-state index in [-0.39, 0.29) is 0 Å². The van der Waals surface area contributed by atoms with Gasteiger partial charge in [-0.25, -0.2) is 0 Å². The minimum atomic E-state index is 0.329. The average Bonchev–Trinajstić information content (AvgIpc) is 2.35. The molecule has 0 radical (unpaired) electrons. The Hall–Kier alpha value is -1.70. The quantitative estimate of drug-likeness (QED) is 0.731. The molecular formula is C15H17NO. The number of hydrogen-bond acceptors (Lipinski definition) is 2. The third-order valence-corrected chi connectivity index (χ3v) is 3.68. The SMILES string of the molecule is CNc1cc2cc3c(cc2cc1O)CCCC3. The summed E-state index contributed by atoms with van der Waals surface area (Å²) in [6.45, 7) is 0. The second-order valence-electron chi connectivity index (χ2n) is 4.79. The molecule has 1 aliphatic rings. The molecule has 0 atom stereocenters. The Kier molecular flexibility index (Phi) is 2.43. The minimum Gasteiger partial charge on any atom is -0.506 e. The third kappa shape index (κ3) is 1.74. The normalized spacial score (nSPS) is 14.6. The molecule has 0 unspecified atom stereocenters. The van der Waals surface area contributed by atoms with Crippen LogP contribution in [-0.4, -0.2) is 12.2 Å². The van der Waals surface area contributed by atoms with Crippen molar-refractivity contribution < 1.29 is 5.11 Å². The van der Waals surface area contributed by atoms with E-state index in [1.807, 2.05) is 19.2 Å². The van der Waals surface area contributed by atoms with Crippen molar-refractivity contribution in [3.8, 4) is 5.75 Å². The number of benzene rings is 2. The van der Waals surface area contributed by atoms with Crippen LogP contribution < -0.4 is 5.32 Å². The molecule has 0 aliphatic heterocycles. The van der Waals surface area contributed by atoms with Crippen molar-refractivity contribution in [1.82, 2.24) is 0 Å². The fourth-order valence-electron chi connectivity index (χ4n) is 2.73. The monoisotopic (exact) mass is 227 g/mol. The number of aryl methyl sites for hydroxylation is 2. The summed E-state index contributed by atoms with van der Waals surface area (Å²) >= 11 is 0. The average molecular weight is 227 g/mol. The van der Waals surface area contributed by atoms with Crippen LogP contribution in [0.4, 0.5) is 5.69 Å². The summed E-state index contributed by atoms with van der Waals surface area (Å²) in [6, 6.07) is 8.41. The predicted molar refractivity (Wildman–Crippen MR) is 71.8 cm³/mol. The second-order valence-corrected chi connectivity index (χ2v) is 4.79. The Bertz CT molecular complexity index is 575. The molecule has 0 fully saturated rings. The smallest absolute Gasteiger partial charge is 0.139 e. The molecule has 2 heteroatoms. The molecule has 0 spiro atoms. The lowest BCUT2D eigenvalue weighted by molar-refractivity contribution is 0.478. The highest BCUT2D eigenvalue weighted by Crippen LogP contribution is 2.32. The summed E-state index contributed by atoms with van der Waals surface area (Å²) in [5, 5.41) is 15.2. The number of phenols is 1. The highest BCUT2D eigenvalue weighted by Gasteiger charge is 2.11. The number of anilines is 1. The van der Waals surface area contributed by atoms with E-state index in [0.29, 0.717) is 5.75 Å². The van der Waals surface area contributed by atoms with Crippen molar-refractivity contribution in [3.05, 3.63) is 35.4 Å². The van der Waals surface area contributed by atoms with Crippen LogP contribution in [0.5, 0.6) is 5.75 Å². The third-order valence-electron chi connectivity index (χ3n) is 3.68. The van der Waals surface area contributed by atoms with Gasteiger partial charge in [0.1, 0.15) is 5.75 Å². The van der Waals surface area contributed by atoms with Crippen LogP contribution in [0.25, 0.3) is 10.8 Å². The number of aromatic hydroxyl groups is 1. The Balaban J connectivity index is 2.23. The number of fused-ring (bicyclic) bond motifs is 2. The molecule has 0 heterocycles. The van der Waals surface area contributed by atoms with E-state index in [0.717, 1.165) is 11.1 Å². The Morgan fingerprint density at radius 3 is 2.12 bits per heavy atom. The van der Waals surface area contributed by atoms with E-state index >= 15 is 0 Å². The molecule has 0 saturated heterocycles. The Morgan fingerprint density at radius 1 is 0.941 bits per heavy atom. The first kappa shape index (κ1) is 10.5. The number of nitrogens with one attached hydrogen (secondary N) is 1. The van der Waals surface area contributed by atoms with Gasteiger partial charge in [-0.2, -0.15) is 0 Å². The highest BCUT2D eigenvalue weighted by atomic mass is 16.3. The number of hydrogen-bond donors (Lipinski definition) is 2. The van der Waals surface area contributed by atoms with E-state index in [4.69, 9.17) is 0 Å². The van der Waals surface area contributed by atoms with Gasteiger partial charge in [0.25, 0.3) is 0 Å². The van der Waals surface area contributed by atoms with Gasteiger partial charge in [-0.1, -0.05) is 12.1 Å². The van der Waals surface area contributed by atoms with Crippen molar-refractivity contribution in [3.63, 3.8) is 0 Å². The zero-order valence-electron chi connectivity index (χ0n) is 10.1. The van der Waals surface area contributed by atoms with Gasteiger partial charge >= 0.3 is 0 Å². The van der Waals surface area contributed by atoms with Gasteiger partial charge in [0, 0.05) is 7.05 Å². The Morgan fingerprint density at radius 2 is 1.53 bits per heavy atom. The molecule has 1 aliphatic carbocycles. The van der Waals surface area contributed by atoms with E-state index in [9.17, 15) is 5.11 Å². The van der Waals surface area contributed by atoms with Crippen LogP contribution in [0.3, 0.4) is 0 Å². The number of rotatable bonds is 1. The van der Waals surface area contributed by atoms with E-state index in [2.05, 4.69) is 17.4 Å². The van der Waals surface area contributed by atoms with Gasteiger partial charge in [-0.15, -0.1) is 0 Å². The minimum absolute atomic E-state index is 0.329. The topological polar surface area (TPSA) is 32.3 Å². The van der Waals surface area contributed by atoms with Gasteiger partial charge in [0.05, 0.1) is 5.69 Å². The van der Waals surface area contributed by atoms with Crippen LogP contribution >= 0.6 is 0 Å². The molecule has 2 N–H and O–H groups in total. The molecule has 88 valence electrons. The van der Waals surface area contributed by atoms with Crippen molar-refractivity contribution in [1.29, 1.82) is 0 Å². The van der Waals surface area contributed by atoms with E-state index in [1.54, 1.807) is 0 Å². The highest BCUT2D eigenvalue weighted by molar-refractivity contribution is 5.89. The largest absolute Gasteiger partial charge is 0.506 e. The zero-order valence-corrected chi connectivity index (χ0v) is 10.1. The fourth-order valence-corrected chi connectivity index (χ4v) is 2.73. The molecular weight excluding hydrogens is 210 g/mol. The van der Waals surface area contributed by atoms with E-state index < -0.39 is 0 Å². The first-order valence-corrected chi connectivity index (χ1v) is 6.24. The summed E-state index contributed by atoms with van der Waals surface area (Å²) in [4.78, 5) is 0. The first-order valence-electron chi connectivity index (χ1n) is 6.24. The Labute approximate surface area is 101 Å². The maximum atomic E-state index is 9.85. The molecule has 0 aromatic heterocycles. The summed E-state index contributed by atoms with van der Waals surface area (Å²) in [5.41, 5.74) is 3.74. The molecule has 3 rings (SSSR count). The molecule has 2 aromatic rings. The lowest BCUT2D eigenvalue weighted by atomic mass is 9.89. The van der Waals surface area contributed by atoms with Crippen LogP contribution in [-0.2, 0) is 12.8 Å². The summed E-state index contributed by atoms with van der Waals surface area (Å²) in [5.74, 6) is 0.329. The zero-order chi connectivity index (χ0) is 11.8. The summed E-state index contributed by atoms with van der Waals surface area (Å²) < 4.78 is 0. The maximum Gasteiger partial charge on any atom is 0.139 e. The first-order chi connectivity index (χ1) is 8.28. The second kappa shape index (κ2) is 3.95. The van der Waals surface area contributed by atoms with Crippen LogP contribution in [0, 0.1) is 0 Å². The molecule has 0 saturated carbocycles. The van der Waals surface area contributed by atoms with Gasteiger partial charge < -0.3 is 10.4 Å². The van der Waals surface area contributed by atoms with Crippen molar-refractivity contribution >= 4 is 16.5 Å². The maximum absolute atomic E-state index is 9.85. The van der Waals surface area contributed by atoms with Crippen molar-refractivity contribution in [2.75, 3.05) is 12.4 Å². The van der Waals surface area contributed by atoms with Crippen molar-refractivity contribution in [2.24, 2.45) is 0 Å². The van der Waals surface area contributed by atoms with Gasteiger partial charge in [-0.3, -0.25) is 0 Å². The lowest BCUT2D eigenvalue weighted by Crippen LogP contribution is -2.02. The standard InChI is InChI=1S/C15H17NO/c1-16-14-8-12-6-10-4-2-3-5-11(10)7-13(12)9-15(14)17/h6-9,16-17H,2-5H2,1H3. The molecule has 0 bridgehead atoms. The van der Waals surface area contributed by atoms with Gasteiger partial charge in [0.2, 0.25) is 0 Å². The summed E-state index contributed by atoms with van der Waals surface area (Å²) in [6.07, 6.45) is 4.97. The van der Waals surface area contributed by atoms with Crippen LogP contribution in [0.15, 0.2) is 24.3 Å². The van der Waals surface area contributed by atoms with Gasteiger partial charge in [0.15, 0.2) is 0 Å². The molecule has 0 amide bonds. The van der Waals surface area contributed by atoms with Crippen molar-refractivity contribution in [2.45, 2.75) is 25.7 Å². The lowest BCUT2D eigenvalue weighted by Gasteiger charge is -2.17. The summed E-state index contributed by atoms with van der Waals surface area (Å²) in [7, 11) is 1.83.